The van der Waals surface area contributed by atoms with E-state index in [0.29, 0.717) is 6.10 Å². The average molecular weight is 222 g/mol. The molecule has 0 unspecified atom stereocenters. The Morgan fingerprint density at radius 2 is 2.12 bits per heavy atom. The normalized spacial score (nSPS) is 23.6. The highest BCUT2D eigenvalue weighted by Gasteiger charge is 2.19. The number of allylic oxidation sites excluding steroid dienone is 3. The van der Waals surface area contributed by atoms with Gasteiger partial charge >= 0.3 is 0 Å². The summed E-state index contributed by atoms with van der Waals surface area (Å²) in [5.41, 5.74) is 2.75. The number of rotatable bonds is 3. The zero-order valence-corrected chi connectivity index (χ0v) is 10.3. The summed E-state index contributed by atoms with van der Waals surface area (Å²) < 4.78 is 5.38. The Balaban J connectivity index is 1.79. The molecule has 16 heavy (non-hydrogen) atoms. The summed E-state index contributed by atoms with van der Waals surface area (Å²) in [4.78, 5) is 2.53. The lowest BCUT2D eigenvalue weighted by Crippen LogP contribution is -2.39. The van der Waals surface area contributed by atoms with Gasteiger partial charge in [0, 0.05) is 39.0 Å². The van der Waals surface area contributed by atoms with Crippen LogP contribution in [0, 0.1) is 0 Å². The summed E-state index contributed by atoms with van der Waals surface area (Å²) in [5, 5.41) is 3.38. The van der Waals surface area contributed by atoms with Crippen molar-refractivity contribution in [1.82, 2.24) is 10.2 Å². The molecule has 2 aliphatic heterocycles. The first-order chi connectivity index (χ1) is 7.78. The Morgan fingerprint density at radius 1 is 1.38 bits per heavy atom. The molecular formula is C13H22N2O. The molecule has 0 spiro atoms. The molecule has 0 bridgehead atoms. The predicted octanol–water partition coefficient (Wildman–Crippen LogP) is 1.53. The van der Waals surface area contributed by atoms with Crippen LogP contribution in [0.3, 0.4) is 0 Å². The van der Waals surface area contributed by atoms with Crippen LogP contribution < -0.4 is 5.32 Å². The lowest BCUT2D eigenvalue weighted by atomic mass is 10.1. The molecule has 2 aliphatic rings. The minimum atomic E-state index is 0.483. The van der Waals surface area contributed by atoms with Gasteiger partial charge in [0.2, 0.25) is 0 Å². The highest BCUT2D eigenvalue weighted by atomic mass is 16.5. The van der Waals surface area contributed by atoms with Crippen molar-refractivity contribution < 1.29 is 4.74 Å². The highest BCUT2D eigenvalue weighted by molar-refractivity contribution is 5.23. The Bertz CT molecular complexity index is 288. The van der Waals surface area contributed by atoms with Crippen molar-refractivity contribution in [2.45, 2.75) is 25.9 Å². The predicted molar refractivity (Wildman–Crippen MR) is 66.3 cm³/mol. The van der Waals surface area contributed by atoms with Crippen LogP contribution in [0.15, 0.2) is 23.4 Å². The number of methoxy groups -OCH3 is 1. The number of hydrogen-bond donors (Lipinski definition) is 1. The number of piperidine rings is 1. The summed E-state index contributed by atoms with van der Waals surface area (Å²) in [6.45, 7) is 6.55. The molecule has 0 saturated carbocycles. The molecule has 1 fully saturated rings. The Morgan fingerprint density at radius 3 is 2.69 bits per heavy atom. The summed E-state index contributed by atoms with van der Waals surface area (Å²) in [6.07, 6.45) is 7.25. The Hall–Kier alpha value is -0.800. The van der Waals surface area contributed by atoms with Crippen molar-refractivity contribution >= 4 is 0 Å². The van der Waals surface area contributed by atoms with Gasteiger partial charge in [0.1, 0.15) is 0 Å². The van der Waals surface area contributed by atoms with E-state index >= 15 is 0 Å². The monoisotopic (exact) mass is 222 g/mol. The Kier molecular flexibility index (Phi) is 4.02. The molecular weight excluding hydrogens is 200 g/mol. The zero-order chi connectivity index (χ0) is 11.4. The molecule has 3 heteroatoms. The van der Waals surface area contributed by atoms with Crippen molar-refractivity contribution in [1.29, 1.82) is 0 Å². The number of hydrogen-bond acceptors (Lipinski definition) is 3. The van der Waals surface area contributed by atoms with Crippen molar-refractivity contribution in [3.8, 4) is 0 Å². The van der Waals surface area contributed by atoms with E-state index in [1.54, 1.807) is 0 Å². The summed E-state index contributed by atoms with van der Waals surface area (Å²) in [6, 6.07) is 0. The van der Waals surface area contributed by atoms with Crippen LogP contribution in [0.2, 0.25) is 0 Å². The maximum absolute atomic E-state index is 5.38. The van der Waals surface area contributed by atoms with Gasteiger partial charge in [0.25, 0.3) is 0 Å². The van der Waals surface area contributed by atoms with Crippen molar-refractivity contribution in [3.05, 3.63) is 23.4 Å². The van der Waals surface area contributed by atoms with Crippen LogP contribution in [0.4, 0.5) is 0 Å². The van der Waals surface area contributed by atoms with E-state index in [1.807, 2.05) is 7.11 Å². The van der Waals surface area contributed by atoms with Gasteiger partial charge in [-0.1, -0.05) is 6.08 Å². The maximum Gasteiger partial charge on any atom is 0.0595 e. The van der Waals surface area contributed by atoms with E-state index < -0.39 is 0 Å². The van der Waals surface area contributed by atoms with Crippen LogP contribution in [0.5, 0.6) is 0 Å². The van der Waals surface area contributed by atoms with Crippen molar-refractivity contribution in [2.75, 3.05) is 33.3 Å². The van der Waals surface area contributed by atoms with Gasteiger partial charge < -0.3 is 10.1 Å². The fourth-order valence-electron chi connectivity index (χ4n) is 2.31. The fourth-order valence-corrected chi connectivity index (χ4v) is 2.31. The lowest BCUT2D eigenvalue weighted by Gasteiger charge is -2.32. The minimum absolute atomic E-state index is 0.483. The highest BCUT2D eigenvalue weighted by Crippen LogP contribution is 2.15. The third-order valence-corrected chi connectivity index (χ3v) is 3.46. The van der Waals surface area contributed by atoms with Crippen molar-refractivity contribution in [3.63, 3.8) is 0 Å². The molecule has 0 atom stereocenters. The van der Waals surface area contributed by atoms with Crippen LogP contribution in [-0.2, 0) is 4.74 Å². The van der Waals surface area contributed by atoms with Gasteiger partial charge in [-0.2, -0.15) is 0 Å². The quantitative estimate of drug-likeness (QED) is 0.784. The number of nitrogens with zero attached hydrogens (tertiary/aromatic N) is 1. The first-order valence-corrected chi connectivity index (χ1v) is 6.13. The molecule has 0 aromatic heterocycles. The third-order valence-electron chi connectivity index (χ3n) is 3.46. The van der Waals surface area contributed by atoms with E-state index in [9.17, 15) is 0 Å². The largest absolute Gasteiger partial charge is 0.385 e. The molecule has 2 heterocycles. The van der Waals surface area contributed by atoms with E-state index in [1.165, 1.54) is 37.2 Å². The molecule has 90 valence electrons. The summed E-state index contributed by atoms with van der Waals surface area (Å²) in [5.74, 6) is 0. The van der Waals surface area contributed by atoms with Crippen LogP contribution >= 0.6 is 0 Å². The van der Waals surface area contributed by atoms with Gasteiger partial charge in [-0.3, -0.25) is 4.90 Å². The summed E-state index contributed by atoms with van der Waals surface area (Å²) in [7, 11) is 1.82. The van der Waals surface area contributed by atoms with Crippen LogP contribution in [-0.4, -0.2) is 44.3 Å². The SMILES string of the molecule is COC1CCN(CC2=CC=C(C)NC2)CC1. The molecule has 1 saturated heterocycles. The van der Waals surface area contributed by atoms with Crippen LogP contribution in [0.1, 0.15) is 19.8 Å². The van der Waals surface area contributed by atoms with Gasteiger partial charge in [-0.05, 0) is 31.4 Å². The number of dihydropyridines is 1. The first kappa shape index (κ1) is 11.7. The lowest BCUT2D eigenvalue weighted by molar-refractivity contribution is 0.0436. The third kappa shape index (κ3) is 3.09. The molecule has 3 nitrogen and oxygen atoms in total. The number of nitrogens with one attached hydrogen (secondary N) is 1. The van der Waals surface area contributed by atoms with E-state index in [0.717, 1.165) is 13.1 Å². The molecule has 0 radical (unpaired) electrons. The molecule has 0 aromatic carbocycles. The maximum atomic E-state index is 5.38. The first-order valence-electron chi connectivity index (χ1n) is 6.13. The van der Waals surface area contributed by atoms with Crippen molar-refractivity contribution in [2.24, 2.45) is 0 Å². The molecule has 1 N–H and O–H groups in total. The second-order valence-electron chi connectivity index (χ2n) is 4.74. The molecule has 0 amide bonds. The zero-order valence-electron chi connectivity index (χ0n) is 10.3. The molecule has 0 aromatic rings. The average Bonchev–Trinajstić information content (AvgIpc) is 2.33. The van der Waals surface area contributed by atoms with Gasteiger partial charge in [-0.25, -0.2) is 0 Å². The van der Waals surface area contributed by atoms with Crippen LogP contribution in [0.25, 0.3) is 0 Å². The fraction of sp³-hybridized carbons (Fsp3) is 0.692. The Labute approximate surface area is 98.2 Å². The number of likely N-dealkylation sites (tertiary alicyclic amines) is 1. The van der Waals surface area contributed by atoms with Gasteiger partial charge in [-0.15, -0.1) is 0 Å². The van der Waals surface area contributed by atoms with Gasteiger partial charge in [0.15, 0.2) is 0 Å². The smallest absolute Gasteiger partial charge is 0.0595 e. The van der Waals surface area contributed by atoms with E-state index in [-0.39, 0.29) is 0 Å². The molecule has 2 rings (SSSR count). The second-order valence-corrected chi connectivity index (χ2v) is 4.74. The standard InChI is InChI=1S/C13H22N2O/c1-11-3-4-12(9-14-11)10-15-7-5-13(16-2)6-8-15/h3-4,13-14H,5-10H2,1-2H3. The second kappa shape index (κ2) is 5.51. The topological polar surface area (TPSA) is 24.5 Å². The molecule has 0 aliphatic carbocycles. The minimum Gasteiger partial charge on any atom is -0.385 e. The number of ether oxygens (including phenoxy) is 1. The van der Waals surface area contributed by atoms with E-state index in [4.69, 9.17) is 4.74 Å². The summed E-state index contributed by atoms with van der Waals surface area (Å²) >= 11 is 0. The van der Waals surface area contributed by atoms with Gasteiger partial charge in [0.05, 0.1) is 6.10 Å². The van der Waals surface area contributed by atoms with E-state index in [2.05, 4.69) is 29.3 Å².